The molecule has 0 spiro atoms. The van der Waals surface area contributed by atoms with Crippen molar-refractivity contribution in [1.29, 1.82) is 0 Å². The van der Waals surface area contributed by atoms with Crippen molar-refractivity contribution in [3.8, 4) is 11.3 Å². The zero-order chi connectivity index (χ0) is 21.6. The lowest BCUT2D eigenvalue weighted by Gasteiger charge is -2.27. The fourth-order valence-corrected chi connectivity index (χ4v) is 4.14. The Morgan fingerprint density at radius 1 is 1.10 bits per heavy atom. The van der Waals surface area contributed by atoms with Gasteiger partial charge in [-0.1, -0.05) is 19.4 Å². The molecular weight excluding hydrogens is 394 g/mol. The second-order valence-electron chi connectivity index (χ2n) is 8.49. The summed E-state index contributed by atoms with van der Waals surface area (Å²) in [7, 11) is 0. The van der Waals surface area contributed by atoms with Crippen molar-refractivity contribution < 1.29 is 14.6 Å². The highest BCUT2D eigenvalue weighted by Crippen LogP contribution is 2.30. The number of hydrogen-bond acceptors (Lipinski definition) is 8. The first kappa shape index (κ1) is 21.9. The van der Waals surface area contributed by atoms with Crippen molar-refractivity contribution >= 4 is 11.8 Å². The molecule has 1 saturated carbocycles. The molecule has 2 aromatic rings. The van der Waals surface area contributed by atoms with Crippen LogP contribution in [0.15, 0.2) is 24.5 Å². The van der Waals surface area contributed by atoms with Gasteiger partial charge in [0, 0.05) is 30.0 Å². The molecular formula is C23H33N5O3. The second-order valence-corrected chi connectivity index (χ2v) is 8.49. The molecule has 0 aromatic carbocycles. The summed E-state index contributed by atoms with van der Waals surface area (Å²) in [4.78, 5) is 14.0. The van der Waals surface area contributed by atoms with Crippen molar-refractivity contribution in [3.05, 3.63) is 30.1 Å². The van der Waals surface area contributed by atoms with Gasteiger partial charge in [-0.3, -0.25) is 4.98 Å². The number of pyridine rings is 1. The number of aliphatic hydroxyl groups is 1. The zero-order valence-electron chi connectivity index (χ0n) is 18.4. The monoisotopic (exact) mass is 427 g/mol. The standard InChI is InChI=1S/C23H33N5O3/c1-3-4-15(2)26-23-25-14-19(21(28-23)27-17-6-8-18(29)9-7-17)20-10-5-16(13-24-20)22-30-11-12-31-22/h5,10,13-15,17-18,22,29H,3-4,6-9,11-12H2,1-2H3,(H2,25,26,27,28). The van der Waals surface area contributed by atoms with Crippen LogP contribution in [0.1, 0.15) is 64.2 Å². The van der Waals surface area contributed by atoms with Gasteiger partial charge in [0.15, 0.2) is 6.29 Å². The van der Waals surface area contributed by atoms with Crippen molar-refractivity contribution in [2.75, 3.05) is 23.8 Å². The van der Waals surface area contributed by atoms with Crippen LogP contribution in [-0.4, -0.2) is 51.5 Å². The van der Waals surface area contributed by atoms with E-state index in [4.69, 9.17) is 14.5 Å². The van der Waals surface area contributed by atoms with Crippen LogP contribution in [-0.2, 0) is 9.47 Å². The minimum atomic E-state index is -0.337. The molecule has 3 heterocycles. The molecule has 8 heteroatoms. The van der Waals surface area contributed by atoms with Gasteiger partial charge in [0.2, 0.25) is 5.95 Å². The first-order valence-corrected chi connectivity index (χ1v) is 11.4. The molecule has 2 aliphatic rings. The third kappa shape index (κ3) is 5.70. The lowest BCUT2D eigenvalue weighted by molar-refractivity contribution is -0.0443. The van der Waals surface area contributed by atoms with E-state index >= 15 is 0 Å². The highest BCUT2D eigenvalue weighted by atomic mass is 16.7. The van der Waals surface area contributed by atoms with Crippen LogP contribution in [0.2, 0.25) is 0 Å². The van der Waals surface area contributed by atoms with E-state index in [0.717, 1.165) is 61.2 Å². The SMILES string of the molecule is CCCC(C)Nc1ncc(-c2ccc(C3OCCO3)cn2)c(NC2CCC(O)CC2)n1. The lowest BCUT2D eigenvalue weighted by Crippen LogP contribution is -2.29. The summed E-state index contributed by atoms with van der Waals surface area (Å²) in [6.45, 7) is 5.53. The van der Waals surface area contributed by atoms with Gasteiger partial charge in [0.25, 0.3) is 0 Å². The van der Waals surface area contributed by atoms with Crippen molar-refractivity contribution in [2.45, 2.75) is 76.9 Å². The molecule has 4 rings (SSSR count). The summed E-state index contributed by atoms with van der Waals surface area (Å²) in [5.41, 5.74) is 2.57. The number of aromatic nitrogens is 3. The Bertz CT molecular complexity index is 834. The third-order valence-corrected chi connectivity index (χ3v) is 5.88. The summed E-state index contributed by atoms with van der Waals surface area (Å²) in [5.74, 6) is 1.39. The molecule has 1 unspecified atom stereocenters. The maximum Gasteiger partial charge on any atom is 0.224 e. The predicted molar refractivity (Wildman–Crippen MR) is 120 cm³/mol. The van der Waals surface area contributed by atoms with Gasteiger partial charge in [0.05, 0.1) is 30.6 Å². The van der Waals surface area contributed by atoms with E-state index in [1.807, 2.05) is 18.3 Å². The summed E-state index contributed by atoms with van der Waals surface area (Å²) in [6, 6.07) is 4.52. The van der Waals surface area contributed by atoms with Crippen molar-refractivity contribution in [2.24, 2.45) is 0 Å². The van der Waals surface area contributed by atoms with Crippen molar-refractivity contribution in [1.82, 2.24) is 15.0 Å². The largest absolute Gasteiger partial charge is 0.393 e. The average Bonchev–Trinajstić information content (AvgIpc) is 3.31. The molecule has 1 saturated heterocycles. The summed E-state index contributed by atoms with van der Waals surface area (Å²) in [5, 5.41) is 16.8. The fraction of sp³-hybridized carbons (Fsp3) is 0.609. The Morgan fingerprint density at radius 3 is 2.55 bits per heavy atom. The van der Waals surface area contributed by atoms with Crippen LogP contribution < -0.4 is 10.6 Å². The van der Waals surface area contributed by atoms with E-state index < -0.39 is 0 Å². The van der Waals surface area contributed by atoms with Gasteiger partial charge in [-0.05, 0) is 45.1 Å². The molecule has 2 fully saturated rings. The highest BCUT2D eigenvalue weighted by Gasteiger charge is 2.23. The molecule has 31 heavy (non-hydrogen) atoms. The maximum atomic E-state index is 9.84. The van der Waals surface area contributed by atoms with Crippen LogP contribution in [0.3, 0.4) is 0 Å². The first-order chi connectivity index (χ1) is 15.1. The smallest absolute Gasteiger partial charge is 0.224 e. The molecule has 0 bridgehead atoms. The van der Waals surface area contributed by atoms with Crippen LogP contribution >= 0.6 is 0 Å². The molecule has 1 aliphatic carbocycles. The summed E-state index contributed by atoms with van der Waals surface area (Å²) in [6.07, 6.45) is 8.72. The van der Waals surface area contributed by atoms with Crippen LogP contribution in [0.5, 0.6) is 0 Å². The zero-order valence-corrected chi connectivity index (χ0v) is 18.4. The molecule has 1 atom stereocenters. The lowest BCUT2D eigenvalue weighted by atomic mass is 9.93. The molecule has 168 valence electrons. The molecule has 0 radical (unpaired) electrons. The van der Waals surface area contributed by atoms with Gasteiger partial charge in [-0.2, -0.15) is 4.98 Å². The first-order valence-electron chi connectivity index (χ1n) is 11.4. The number of aliphatic hydroxyl groups excluding tert-OH is 1. The highest BCUT2D eigenvalue weighted by molar-refractivity contribution is 5.73. The van der Waals surface area contributed by atoms with Crippen LogP contribution in [0.4, 0.5) is 11.8 Å². The van der Waals surface area contributed by atoms with Gasteiger partial charge in [-0.25, -0.2) is 4.98 Å². The summed E-state index contributed by atoms with van der Waals surface area (Å²) < 4.78 is 11.1. The quantitative estimate of drug-likeness (QED) is 0.583. The molecule has 3 N–H and O–H groups in total. The van der Waals surface area contributed by atoms with E-state index in [1.54, 1.807) is 6.20 Å². The normalized spacial score (nSPS) is 22.9. The number of nitrogens with one attached hydrogen (secondary N) is 2. The van der Waals surface area contributed by atoms with E-state index in [0.29, 0.717) is 25.2 Å². The van der Waals surface area contributed by atoms with E-state index in [2.05, 4.69) is 34.4 Å². The Hall–Kier alpha value is -2.29. The average molecular weight is 428 g/mol. The van der Waals surface area contributed by atoms with Crippen LogP contribution in [0, 0.1) is 0 Å². The van der Waals surface area contributed by atoms with Gasteiger partial charge < -0.3 is 25.2 Å². The predicted octanol–water partition coefficient (Wildman–Crippen LogP) is 3.90. The van der Waals surface area contributed by atoms with E-state index in [9.17, 15) is 5.11 Å². The summed E-state index contributed by atoms with van der Waals surface area (Å²) >= 11 is 0. The Labute approximate surface area is 183 Å². The molecule has 2 aromatic heterocycles. The number of hydrogen-bond donors (Lipinski definition) is 3. The number of ether oxygens (including phenoxy) is 2. The third-order valence-electron chi connectivity index (χ3n) is 5.88. The Kier molecular flexibility index (Phi) is 7.32. The molecule has 8 nitrogen and oxygen atoms in total. The Morgan fingerprint density at radius 2 is 1.87 bits per heavy atom. The van der Waals surface area contributed by atoms with E-state index in [1.165, 1.54) is 0 Å². The molecule has 1 aliphatic heterocycles. The van der Waals surface area contributed by atoms with E-state index in [-0.39, 0.29) is 18.4 Å². The molecule has 0 amide bonds. The van der Waals surface area contributed by atoms with Crippen LogP contribution in [0.25, 0.3) is 11.3 Å². The van der Waals surface area contributed by atoms with Gasteiger partial charge in [0.1, 0.15) is 5.82 Å². The van der Waals surface area contributed by atoms with Gasteiger partial charge in [-0.15, -0.1) is 0 Å². The topological polar surface area (TPSA) is 101 Å². The minimum absolute atomic E-state index is 0.190. The fourth-order valence-electron chi connectivity index (χ4n) is 4.14. The minimum Gasteiger partial charge on any atom is -0.393 e. The number of nitrogens with zero attached hydrogens (tertiary/aromatic N) is 3. The number of rotatable bonds is 8. The van der Waals surface area contributed by atoms with Crippen molar-refractivity contribution in [3.63, 3.8) is 0 Å². The Balaban J connectivity index is 1.57. The number of anilines is 2. The second kappa shape index (κ2) is 10.3. The maximum absolute atomic E-state index is 9.84. The van der Waals surface area contributed by atoms with Gasteiger partial charge >= 0.3 is 0 Å².